The summed E-state index contributed by atoms with van der Waals surface area (Å²) in [7, 11) is 1.69. The van der Waals surface area contributed by atoms with Crippen molar-refractivity contribution >= 4 is 27.5 Å². The molecule has 0 fully saturated rings. The molecular weight excluding hydrogens is 298 g/mol. The van der Waals surface area contributed by atoms with E-state index in [4.69, 9.17) is 10.2 Å². The highest BCUT2D eigenvalue weighted by Gasteiger charge is 2.14. The Labute approximate surface area is 113 Å². The van der Waals surface area contributed by atoms with E-state index in [0.29, 0.717) is 28.4 Å². The molecule has 94 valence electrons. The van der Waals surface area contributed by atoms with Crippen LogP contribution in [0.1, 0.15) is 16.2 Å². The summed E-state index contributed by atoms with van der Waals surface area (Å²) in [6.45, 7) is 0.385. The molecule has 0 aliphatic heterocycles. The molecule has 0 aromatic carbocycles. The molecule has 0 bridgehead atoms. The van der Waals surface area contributed by atoms with Crippen molar-refractivity contribution in [2.24, 2.45) is 0 Å². The zero-order chi connectivity index (χ0) is 13.1. The number of carbonyl (C=O) groups is 1. The highest BCUT2D eigenvalue weighted by atomic mass is 79.9. The molecule has 0 aliphatic carbocycles. The van der Waals surface area contributed by atoms with Crippen molar-refractivity contribution in [2.75, 3.05) is 12.8 Å². The van der Waals surface area contributed by atoms with Crippen LogP contribution in [0.3, 0.4) is 0 Å². The Morgan fingerprint density at radius 3 is 2.78 bits per heavy atom. The molecule has 0 unspecified atom stereocenters. The van der Waals surface area contributed by atoms with Crippen LogP contribution in [0.2, 0.25) is 0 Å². The van der Waals surface area contributed by atoms with Crippen LogP contribution in [0.4, 0.5) is 5.69 Å². The second-order valence-corrected chi connectivity index (χ2v) is 4.63. The second kappa shape index (κ2) is 5.22. The number of carbonyl (C=O) groups excluding carboxylic acids is 1. The molecule has 5 nitrogen and oxygen atoms in total. The third-order valence-electron chi connectivity index (χ3n) is 2.37. The van der Waals surface area contributed by atoms with E-state index in [2.05, 4.69) is 20.9 Å². The third kappa shape index (κ3) is 2.89. The van der Waals surface area contributed by atoms with Gasteiger partial charge in [0.15, 0.2) is 4.67 Å². The number of rotatable bonds is 3. The van der Waals surface area contributed by atoms with Crippen LogP contribution < -0.4 is 5.73 Å². The van der Waals surface area contributed by atoms with Gasteiger partial charge in [-0.15, -0.1) is 0 Å². The van der Waals surface area contributed by atoms with Crippen molar-refractivity contribution in [1.29, 1.82) is 0 Å². The van der Waals surface area contributed by atoms with Crippen LogP contribution in [-0.2, 0) is 6.54 Å². The predicted molar refractivity (Wildman–Crippen MR) is 70.9 cm³/mol. The van der Waals surface area contributed by atoms with E-state index in [1.807, 2.05) is 6.07 Å². The number of furan rings is 1. The SMILES string of the molecule is CN(Cc1ccc(Br)o1)C(=O)c1ccc(N)cn1. The van der Waals surface area contributed by atoms with Crippen molar-refractivity contribution in [2.45, 2.75) is 6.54 Å². The quantitative estimate of drug-likeness (QED) is 0.944. The summed E-state index contributed by atoms with van der Waals surface area (Å²) in [5, 5.41) is 0. The van der Waals surface area contributed by atoms with Gasteiger partial charge in [-0.25, -0.2) is 4.98 Å². The Bertz CT molecular complexity index is 551. The fourth-order valence-corrected chi connectivity index (χ4v) is 1.81. The van der Waals surface area contributed by atoms with E-state index < -0.39 is 0 Å². The summed E-state index contributed by atoms with van der Waals surface area (Å²) in [6.07, 6.45) is 1.46. The average molecular weight is 310 g/mol. The number of hydrogen-bond acceptors (Lipinski definition) is 4. The van der Waals surface area contributed by atoms with Gasteiger partial charge < -0.3 is 15.1 Å². The van der Waals surface area contributed by atoms with Crippen LogP contribution in [0.25, 0.3) is 0 Å². The molecule has 0 spiro atoms. The van der Waals surface area contributed by atoms with E-state index in [0.717, 1.165) is 0 Å². The fourth-order valence-electron chi connectivity index (χ4n) is 1.47. The summed E-state index contributed by atoms with van der Waals surface area (Å²) in [4.78, 5) is 17.6. The van der Waals surface area contributed by atoms with Gasteiger partial charge in [0.1, 0.15) is 11.5 Å². The molecule has 0 saturated heterocycles. The molecule has 2 rings (SSSR count). The predicted octanol–water partition coefficient (Wildman–Crippen LogP) is 2.29. The van der Waals surface area contributed by atoms with Crippen molar-refractivity contribution in [3.05, 3.63) is 46.6 Å². The lowest BCUT2D eigenvalue weighted by atomic mass is 10.3. The normalized spacial score (nSPS) is 10.3. The first kappa shape index (κ1) is 12.6. The zero-order valence-electron chi connectivity index (χ0n) is 9.76. The molecule has 6 heteroatoms. The number of nitrogens with two attached hydrogens (primary N) is 1. The number of halogens is 1. The Morgan fingerprint density at radius 1 is 1.44 bits per heavy atom. The summed E-state index contributed by atoms with van der Waals surface area (Å²) >= 11 is 3.22. The molecular formula is C12H12BrN3O2. The molecule has 2 heterocycles. The maximum Gasteiger partial charge on any atom is 0.272 e. The smallest absolute Gasteiger partial charge is 0.272 e. The molecule has 18 heavy (non-hydrogen) atoms. The lowest BCUT2D eigenvalue weighted by molar-refractivity contribution is 0.0769. The number of pyridine rings is 1. The maximum absolute atomic E-state index is 12.0. The van der Waals surface area contributed by atoms with Gasteiger partial charge in [-0.2, -0.15) is 0 Å². The van der Waals surface area contributed by atoms with Gasteiger partial charge in [-0.05, 0) is 40.2 Å². The molecule has 0 aliphatic rings. The molecule has 2 N–H and O–H groups in total. The first-order valence-corrected chi connectivity index (χ1v) is 6.07. The summed E-state index contributed by atoms with van der Waals surface area (Å²) in [6, 6.07) is 6.85. The van der Waals surface area contributed by atoms with Crippen LogP contribution >= 0.6 is 15.9 Å². The Morgan fingerprint density at radius 2 is 2.22 bits per heavy atom. The minimum atomic E-state index is -0.178. The van der Waals surface area contributed by atoms with Gasteiger partial charge in [0, 0.05) is 7.05 Å². The van der Waals surface area contributed by atoms with E-state index in [1.165, 1.54) is 11.1 Å². The van der Waals surface area contributed by atoms with Gasteiger partial charge in [0.05, 0.1) is 18.4 Å². The number of hydrogen-bond donors (Lipinski definition) is 1. The molecule has 1 amide bonds. The van der Waals surface area contributed by atoms with Gasteiger partial charge in [0.25, 0.3) is 5.91 Å². The zero-order valence-corrected chi connectivity index (χ0v) is 11.3. The van der Waals surface area contributed by atoms with E-state index in [9.17, 15) is 4.79 Å². The highest BCUT2D eigenvalue weighted by molar-refractivity contribution is 9.10. The number of nitrogen functional groups attached to an aromatic ring is 1. The van der Waals surface area contributed by atoms with Crippen LogP contribution in [0, 0.1) is 0 Å². The lowest BCUT2D eigenvalue weighted by Crippen LogP contribution is -2.26. The summed E-state index contributed by atoms with van der Waals surface area (Å²) in [5.41, 5.74) is 6.41. The van der Waals surface area contributed by atoms with E-state index in [-0.39, 0.29) is 5.91 Å². The first-order valence-electron chi connectivity index (χ1n) is 5.27. The van der Waals surface area contributed by atoms with Crippen LogP contribution in [0.15, 0.2) is 39.5 Å². The molecule has 0 saturated carbocycles. The van der Waals surface area contributed by atoms with E-state index in [1.54, 1.807) is 25.2 Å². The van der Waals surface area contributed by atoms with Crippen molar-refractivity contribution in [1.82, 2.24) is 9.88 Å². The largest absolute Gasteiger partial charge is 0.452 e. The van der Waals surface area contributed by atoms with Gasteiger partial charge in [-0.1, -0.05) is 0 Å². The number of nitrogens with zero attached hydrogens (tertiary/aromatic N) is 2. The average Bonchev–Trinajstić information content (AvgIpc) is 2.75. The fraction of sp³-hybridized carbons (Fsp3) is 0.167. The summed E-state index contributed by atoms with van der Waals surface area (Å²) < 4.78 is 5.98. The second-order valence-electron chi connectivity index (χ2n) is 3.84. The minimum absolute atomic E-state index is 0.178. The first-order chi connectivity index (χ1) is 8.56. The van der Waals surface area contributed by atoms with Gasteiger partial charge in [-0.3, -0.25) is 4.79 Å². The Hall–Kier alpha value is -1.82. The number of aromatic nitrogens is 1. The minimum Gasteiger partial charge on any atom is -0.452 e. The maximum atomic E-state index is 12.0. The van der Waals surface area contributed by atoms with Crippen molar-refractivity contribution in [3.8, 4) is 0 Å². The van der Waals surface area contributed by atoms with Crippen LogP contribution in [-0.4, -0.2) is 22.8 Å². The van der Waals surface area contributed by atoms with Gasteiger partial charge in [0.2, 0.25) is 0 Å². The molecule has 2 aromatic rings. The molecule has 0 atom stereocenters. The standard InChI is InChI=1S/C12H12BrN3O2/c1-16(7-9-3-5-11(13)18-9)12(17)10-4-2-8(14)6-15-10/h2-6H,7,14H2,1H3. The molecule has 2 aromatic heterocycles. The van der Waals surface area contributed by atoms with E-state index >= 15 is 0 Å². The van der Waals surface area contributed by atoms with Crippen molar-refractivity contribution < 1.29 is 9.21 Å². The number of anilines is 1. The Balaban J connectivity index is 2.07. The lowest BCUT2D eigenvalue weighted by Gasteiger charge is -2.15. The van der Waals surface area contributed by atoms with Crippen LogP contribution in [0.5, 0.6) is 0 Å². The third-order valence-corrected chi connectivity index (χ3v) is 2.80. The topological polar surface area (TPSA) is 72.4 Å². The number of amides is 1. The summed E-state index contributed by atoms with van der Waals surface area (Å²) in [5.74, 6) is 0.524. The molecule has 0 radical (unpaired) electrons. The monoisotopic (exact) mass is 309 g/mol. The highest BCUT2D eigenvalue weighted by Crippen LogP contribution is 2.16. The van der Waals surface area contributed by atoms with Crippen molar-refractivity contribution in [3.63, 3.8) is 0 Å². The van der Waals surface area contributed by atoms with Gasteiger partial charge >= 0.3 is 0 Å². The Kier molecular flexibility index (Phi) is 3.66.